The van der Waals surface area contributed by atoms with Crippen LogP contribution in [0, 0.1) is 10.4 Å². The minimum atomic E-state index is -4.95. The Bertz CT molecular complexity index is 2010. The molecule has 0 amide bonds. The van der Waals surface area contributed by atoms with Crippen LogP contribution in [-0.2, 0) is 10.1 Å². The molecule has 1 saturated carbocycles. The van der Waals surface area contributed by atoms with Crippen LogP contribution in [0.2, 0.25) is 0 Å². The Balaban J connectivity index is 1.96. The Morgan fingerprint density at radius 3 is 2.18 bits per heavy atom. The maximum Gasteiger partial charge on any atom is 0.296 e. The highest BCUT2D eigenvalue weighted by molar-refractivity contribution is 7.85. The van der Waals surface area contributed by atoms with E-state index in [0.29, 0.717) is 0 Å². The van der Waals surface area contributed by atoms with E-state index in [2.05, 4.69) is 15.5 Å². The van der Waals surface area contributed by atoms with Crippen molar-refractivity contribution in [1.29, 1.82) is 0 Å². The van der Waals surface area contributed by atoms with Crippen LogP contribution in [0.4, 0.5) is 5.69 Å². The molecule has 5 rings (SSSR count). The van der Waals surface area contributed by atoms with Gasteiger partial charge in [-0.15, -0.1) is 0 Å². The number of ketones is 1. The van der Waals surface area contributed by atoms with E-state index >= 15 is 0 Å². The molecule has 0 bridgehead atoms. The van der Waals surface area contributed by atoms with Gasteiger partial charge < -0.3 is 5.11 Å². The Morgan fingerprint density at radius 1 is 0.923 bits per heavy atom. The molecule has 0 heterocycles. The van der Waals surface area contributed by atoms with Crippen molar-refractivity contribution >= 4 is 32.4 Å². The van der Waals surface area contributed by atoms with Gasteiger partial charge in [-0.2, -0.15) is 13.5 Å². The maximum absolute atomic E-state index is 13.8. The van der Waals surface area contributed by atoms with Crippen LogP contribution in [0.1, 0.15) is 42.5 Å². The van der Waals surface area contributed by atoms with Crippen LogP contribution in [0.5, 0.6) is 0 Å². The number of rotatable bonds is 6. The second-order valence-corrected chi connectivity index (χ2v) is 10.8. The van der Waals surface area contributed by atoms with Gasteiger partial charge in [-0.25, -0.2) is 0 Å². The smallest absolute Gasteiger partial charge is 0.296 e. The highest BCUT2D eigenvalue weighted by Gasteiger charge is 2.21. The molecular weight excluding hydrogens is 522 g/mol. The molecule has 0 atom stereocenters. The second-order valence-electron chi connectivity index (χ2n) is 9.44. The molecule has 2 aromatic carbocycles. The van der Waals surface area contributed by atoms with E-state index in [1.165, 1.54) is 24.3 Å². The van der Waals surface area contributed by atoms with E-state index in [1.54, 1.807) is 24.3 Å². The van der Waals surface area contributed by atoms with E-state index in [-0.39, 0.29) is 43.9 Å². The fourth-order valence-corrected chi connectivity index (χ4v) is 5.73. The molecule has 0 saturated heterocycles. The molecule has 0 aliphatic heterocycles. The van der Waals surface area contributed by atoms with Crippen LogP contribution < -0.4 is 27.0 Å². The summed E-state index contributed by atoms with van der Waals surface area (Å²) < 4.78 is 35.4. The Kier molecular flexibility index (Phi) is 7.21. The normalized spacial score (nSPS) is 15.7. The zero-order valence-electron chi connectivity index (χ0n) is 20.8. The van der Waals surface area contributed by atoms with E-state index in [1.807, 2.05) is 0 Å². The van der Waals surface area contributed by atoms with E-state index in [9.17, 15) is 32.5 Å². The number of nitrogens with zero attached hydrogens (tertiary/aromatic N) is 2. The monoisotopic (exact) mass is 547 g/mol. The molecule has 2 aromatic rings. The molecule has 0 radical (unpaired) electrons. The lowest BCUT2D eigenvalue weighted by molar-refractivity contribution is 0.0904. The van der Waals surface area contributed by atoms with Gasteiger partial charge in [-0.1, -0.05) is 55.7 Å². The average Bonchev–Trinajstić information content (AvgIpc) is 2.94. The van der Waals surface area contributed by atoms with Crippen molar-refractivity contribution in [2.24, 2.45) is 10.1 Å². The first-order valence-corrected chi connectivity index (χ1v) is 13.9. The molecule has 11 heteroatoms. The first-order chi connectivity index (χ1) is 18.7. The predicted octanol–water partition coefficient (Wildman–Crippen LogP) is 1.74. The van der Waals surface area contributed by atoms with Crippen LogP contribution in [0.25, 0.3) is 10.8 Å². The van der Waals surface area contributed by atoms with Gasteiger partial charge in [0.15, 0.2) is 16.6 Å². The number of para-hydroxylation sites is 1. The molecular formula is C28H25N3O7S. The molecule has 3 aliphatic rings. The predicted molar refractivity (Wildman–Crippen MR) is 143 cm³/mol. The number of fused-ring (bicyclic) bond motifs is 1. The van der Waals surface area contributed by atoms with E-state index in [4.69, 9.17) is 0 Å². The number of carbonyl (C=O) groups excluding carboxylic acids is 1. The largest absolute Gasteiger partial charge is 0.388 e. The van der Waals surface area contributed by atoms with Gasteiger partial charge in [-0.3, -0.25) is 29.4 Å². The van der Waals surface area contributed by atoms with Crippen molar-refractivity contribution in [3.63, 3.8) is 0 Å². The first-order valence-electron chi connectivity index (χ1n) is 12.5. The van der Waals surface area contributed by atoms with E-state index in [0.717, 1.165) is 38.2 Å². The minimum absolute atomic E-state index is 0.00665. The number of carbonyl (C=O) groups is 1. The van der Waals surface area contributed by atoms with Crippen molar-refractivity contribution in [3.8, 4) is 0 Å². The topological polar surface area (TPSA) is 163 Å². The highest BCUT2D eigenvalue weighted by Crippen LogP contribution is 2.20. The fraction of sp³-hybridized carbons (Fsp3) is 0.250. The average molecular weight is 548 g/mol. The minimum Gasteiger partial charge on any atom is -0.388 e. The molecule has 0 unspecified atom stereocenters. The van der Waals surface area contributed by atoms with Crippen molar-refractivity contribution in [1.82, 2.24) is 0 Å². The van der Waals surface area contributed by atoms with E-state index < -0.39 is 43.6 Å². The third-order valence-corrected chi connectivity index (χ3v) is 7.82. The second kappa shape index (κ2) is 10.6. The molecule has 3 aliphatic carbocycles. The summed E-state index contributed by atoms with van der Waals surface area (Å²) >= 11 is 0. The van der Waals surface area contributed by atoms with Crippen LogP contribution in [0.15, 0.2) is 79.2 Å². The number of hydrogen-bond donors (Lipinski definition) is 3. The number of benzene rings is 2. The maximum atomic E-state index is 13.8. The highest BCUT2D eigenvalue weighted by atomic mass is 32.2. The Hall–Kier alpha value is -4.06. The summed E-state index contributed by atoms with van der Waals surface area (Å²) in [6.07, 6.45) is 4.41. The SMILES string of the molecule is O=C(CO)c1ccccc1NN=c1c(S(=O)(=O)O)cc(=NC2CCCCC2)c2c(=O)c3ccccc3c(=O)c1=2. The molecule has 0 aromatic heterocycles. The van der Waals surface area contributed by atoms with Crippen molar-refractivity contribution in [2.75, 3.05) is 12.0 Å². The summed E-state index contributed by atoms with van der Waals surface area (Å²) in [6, 6.07) is 13.2. The molecule has 10 nitrogen and oxygen atoms in total. The van der Waals surface area contributed by atoms with Gasteiger partial charge in [0.25, 0.3) is 10.1 Å². The third-order valence-electron chi connectivity index (χ3n) is 6.95. The number of Topliss-reactive ketones (excluding diaryl/α,β-unsaturated/α-hetero) is 1. The van der Waals surface area contributed by atoms with Crippen LogP contribution in [0.3, 0.4) is 0 Å². The van der Waals surface area contributed by atoms with Gasteiger partial charge in [0.05, 0.1) is 27.5 Å². The number of aliphatic hydroxyl groups excluding tert-OH is 1. The third kappa shape index (κ3) is 5.03. The summed E-state index contributed by atoms with van der Waals surface area (Å²) in [5, 5.41) is 12.8. The Labute approximate surface area is 222 Å². The fourth-order valence-electron chi connectivity index (χ4n) is 5.08. The lowest BCUT2D eigenvalue weighted by Gasteiger charge is -2.17. The quantitative estimate of drug-likeness (QED) is 0.187. The summed E-state index contributed by atoms with van der Waals surface area (Å²) in [4.78, 5) is 43.7. The summed E-state index contributed by atoms with van der Waals surface area (Å²) in [5.74, 6) is -0.618. The summed E-state index contributed by atoms with van der Waals surface area (Å²) in [6.45, 7) is -0.772. The number of nitrogens with one attached hydrogen (secondary N) is 1. The van der Waals surface area contributed by atoms with Crippen molar-refractivity contribution in [2.45, 2.75) is 43.0 Å². The number of anilines is 1. The molecule has 1 fully saturated rings. The lowest BCUT2D eigenvalue weighted by atomic mass is 9.96. The number of aliphatic hydroxyl groups is 1. The molecule has 0 spiro atoms. The van der Waals surface area contributed by atoms with Gasteiger partial charge in [0.1, 0.15) is 16.9 Å². The standard InChI is InChI=1S/C28H25N3O7S/c32-15-22(33)19-12-6-7-13-20(19)30-31-26-23(39(36,37)38)14-21(29-16-8-2-1-3-9-16)24-25(26)28(35)18-11-5-4-10-17(18)27(24)34/h4-7,10-14,16,30,32H,1-3,8-9,15H2,(H,36,37,38). The lowest BCUT2D eigenvalue weighted by Crippen LogP contribution is -2.34. The van der Waals surface area contributed by atoms with Gasteiger partial charge in [0.2, 0.25) is 0 Å². The summed E-state index contributed by atoms with van der Waals surface area (Å²) in [5.41, 5.74) is 1.63. The number of hydrogen-bond acceptors (Lipinski definition) is 9. The first kappa shape index (κ1) is 26.5. The van der Waals surface area contributed by atoms with Gasteiger partial charge in [0, 0.05) is 16.3 Å². The zero-order chi connectivity index (χ0) is 27.7. The van der Waals surface area contributed by atoms with Crippen molar-refractivity contribution in [3.05, 3.63) is 102 Å². The molecule has 3 N–H and O–H groups in total. The molecule has 200 valence electrons. The molecule has 39 heavy (non-hydrogen) atoms. The van der Waals surface area contributed by atoms with Crippen LogP contribution in [-0.4, -0.2) is 36.5 Å². The van der Waals surface area contributed by atoms with Crippen molar-refractivity contribution < 1.29 is 22.9 Å². The Morgan fingerprint density at radius 2 is 1.54 bits per heavy atom. The zero-order valence-corrected chi connectivity index (χ0v) is 21.6. The van der Waals surface area contributed by atoms with Crippen LogP contribution >= 0.6 is 0 Å². The van der Waals surface area contributed by atoms with Gasteiger partial charge in [-0.05, 0) is 31.0 Å². The van der Waals surface area contributed by atoms with Gasteiger partial charge >= 0.3 is 0 Å². The summed E-state index contributed by atoms with van der Waals surface area (Å²) in [7, 11) is -4.95.